The maximum absolute atomic E-state index is 12.1. The maximum atomic E-state index is 12.1. The van der Waals surface area contributed by atoms with Crippen molar-refractivity contribution >= 4 is 26.0 Å². The molecule has 0 aliphatic carbocycles. The van der Waals surface area contributed by atoms with Crippen molar-refractivity contribution in [3.63, 3.8) is 0 Å². The van der Waals surface area contributed by atoms with Crippen molar-refractivity contribution in [1.82, 2.24) is 14.5 Å². The van der Waals surface area contributed by atoms with Crippen LogP contribution in [0.25, 0.3) is 0 Å². The predicted octanol–water partition coefficient (Wildman–Crippen LogP) is 1.79. The highest BCUT2D eigenvalue weighted by molar-refractivity contribution is 9.08. The van der Waals surface area contributed by atoms with E-state index in [0.29, 0.717) is 5.33 Å². The fourth-order valence-corrected chi connectivity index (χ4v) is 2.97. The van der Waals surface area contributed by atoms with E-state index < -0.39 is 10.0 Å². The summed E-state index contributed by atoms with van der Waals surface area (Å²) in [5.74, 6) is 0. The maximum Gasteiger partial charge on any atom is 0.240 e. The first kappa shape index (κ1) is 14.2. The van der Waals surface area contributed by atoms with Gasteiger partial charge in [0.2, 0.25) is 10.0 Å². The van der Waals surface area contributed by atoms with Gasteiger partial charge in [-0.25, -0.2) is 13.1 Å². The second kappa shape index (κ2) is 5.85. The van der Waals surface area contributed by atoms with Gasteiger partial charge in [0.15, 0.2) is 0 Å². The lowest BCUT2D eigenvalue weighted by atomic mass is 10.2. The molecule has 19 heavy (non-hydrogen) atoms. The summed E-state index contributed by atoms with van der Waals surface area (Å²) in [4.78, 5) is 0.265. The average Bonchev–Trinajstić information content (AvgIpc) is 2.82. The van der Waals surface area contributed by atoms with Gasteiger partial charge < -0.3 is 0 Å². The Bertz CT molecular complexity index is 650. The summed E-state index contributed by atoms with van der Waals surface area (Å²) in [5, 5.41) is 4.69. The zero-order valence-corrected chi connectivity index (χ0v) is 12.8. The molecule has 0 aliphatic rings. The summed E-state index contributed by atoms with van der Waals surface area (Å²) >= 11 is 3.32. The third kappa shape index (κ3) is 3.65. The van der Waals surface area contributed by atoms with E-state index in [0.717, 1.165) is 11.1 Å². The summed E-state index contributed by atoms with van der Waals surface area (Å²) in [7, 11) is -1.69. The van der Waals surface area contributed by atoms with Crippen molar-refractivity contribution in [2.75, 3.05) is 0 Å². The highest BCUT2D eigenvalue weighted by atomic mass is 79.9. The largest absolute Gasteiger partial charge is 0.275 e. The number of hydrogen-bond acceptors (Lipinski definition) is 3. The highest BCUT2D eigenvalue weighted by Crippen LogP contribution is 2.13. The summed E-state index contributed by atoms with van der Waals surface area (Å²) in [5.41, 5.74) is 1.86. The predicted molar refractivity (Wildman–Crippen MR) is 76.3 cm³/mol. The van der Waals surface area contributed by atoms with Crippen molar-refractivity contribution in [1.29, 1.82) is 0 Å². The first-order valence-corrected chi connectivity index (χ1v) is 8.24. The molecular formula is C12H14BrN3O2S. The van der Waals surface area contributed by atoms with Crippen LogP contribution in [-0.2, 0) is 28.9 Å². The van der Waals surface area contributed by atoms with Gasteiger partial charge in [-0.3, -0.25) is 4.68 Å². The minimum Gasteiger partial charge on any atom is -0.275 e. The molecule has 0 fully saturated rings. The minimum absolute atomic E-state index is 0.233. The van der Waals surface area contributed by atoms with E-state index in [4.69, 9.17) is 0 Å². The Hall–Kier alpha value is -1.18. The lowest BCUT2D eigenvalue weighted by molar-refractivity contribution is 0.581. The van der Waals surface area contributed by atoms with E-state index in [-0.39, 0.29) is 11.4 Å². The molecule has 1 aromatic carbocycles. The zero-order chi connectivity index (χ0) is 13.9. The number of nitrogens with one attached hydrogen (secondary N) is 1. The van der Waals surface area contributed by atoms with Crippen LogP contribution < -0.4 is 4.72 Å². The number of alkyl halides is 1. The second-order valence-electron chi connectivity index (χ2n) is 4.12. The van der Waals surface area contributed by atoms with E-state index in [1.807, 2.05) is 0 Å². The van der Waals surface area contributed by atoms with Gasteiger partial charge in [0.1, 0.15) is 0 Å². The molecule has 5 nitrogen and oxygen atoms in total. The lowest BCUT2D eigenvalue weighted by Gasteiger charge is -2.06. The molecule has 1 N–H and O–H groups in total. The van der Waals surface area contributed by atoms with Gasteiger partial charge >= 0.3 is 0 Å². The molecule has 0 saturated heterocycles. The smallest absolute Gasteiger partial charge is 0.240 e. The number of aryl methyl sites for hydroxylation is 1. The molecule has 0 bridgehead atoms. The lowest BCUT2D eigenvalue weighted by Crippen LogP contribution is -2.23. The Labute approximate surface area is 120 Å². The van der Waals surface area contributed by atoms with Gasteiger partial charge in [0.25, 0.3) is 0 Å². The quantitative estimate of drug-likeness (QED) is 0.842. The van der Waals surface area contributed by atoms with Gasteiger partial charge in [-0.15, -0.1) is 0 Å². The number of benzene rings is 1. The summed E-state index contributed by atoms with van der Waals surface area (Å²) < 4.78 is 28.3. The minimum atomic E-state index is -3.48. The number of rotatable bonds is 5. The molecule has 2 rings (SSSR count). The molecule has 7 heteroatoms. The third-order valence-electron chi connectivity index (χ3n) is 2.61. The normalized spacial score (nSPS) is 11.7. The zero-order valence-electron chi connectivity index (χ0n) is 10.4. The van der Waals surface area contributed by atoms with E-state index in [2.05, 4.69) is 25.8 Å². The van der Waals surface area contributed by atoms with Gasteiger partial charge in [0.05, 0.1) is 11.1 Å². The van der Waals surface area contributed by atoms with Gasteiger partial charge in [-0.1, -0.05) is 28.1 Å². The molecular weight excluding hydrogens is 330 g/mol. The SMILES string of the molecule is Cn1cc(CNS(=O)(=O)c2ccc(CBr)cc2)cn1. The second-order valence-corrected chi connectivity index (χ2v) is 6.45. The van der Waals surface area contributed by atoms with E-state index in [9.17, 15) is 8.42 Å². The topological polar surface area (TPSA) is 64.0 Å². The van der Waals surface area contributed by atoms with Gasteiger partial charge in [-0.2, -0.15) is 5.10 Å². The fraction of sp³-hybridized carbons (Fsp3) is 0.250. The van der Waals surface area contributed by atoms with E-state index in [1.54, 1.807) is 48.4 Å². The molecule has 0 atom stereocenters. The van der Waals surface area contributed by atoms with Crippen LogP contribution in [-0.4, -0.2) is 18.2 Å². The number of sulfonamides is 1. The summed E-state index contributed by atoms with van der Waals surface area (Å²) in [6.07, 6.45) is 3.41. The Morgan fingerprint density at radius 2 is 1.95 bits per heavy atom. The van der Waals surface area contributed by atoms with Crippen molar-refractivity contribution < 1.29 is 8.42 Å². The molecule has 0 spiro atoms. The molecule has 1 aromatic heterocycles. The van der Waals surface area contributed by atoms with E-state index in [1.165, 1.54) is 0 Å². The molecule has 0 radical (unpaired) electrons. The molecule has 0 aliphatic heterocycles. The van der Waals surface area contributed by atoms with Crippen molar-refractivity contribution in [2.45, 2.75) is 16.8 Å². The van der Waals surface area contributed by atoms with Crippen LogP contribution in [0.5, 0.6) is 0 Å². The first-order valence-electron chi connectivity index (χ1n) is 5.63. The average molecular weight is 344 g/mol. The monoisotopic (exact) mass is 343 g/mol. The molecule has 1 heterocycles. The summed E-state index contributed by atoms with van der Waals surface area (Å²) in [6.45, 7) is 0.233. The van der Waals surface area contributed by atoms with Crippen LogP contribution in [0.3, 0.4) is 0 Å². The Morgan fingerprint density at radius 3 is 2.47 bits per heavy atom. The molecule has 0 amide bonds. The third-order valence-corrected chi connectivity index (χ3v) is 4.68. The van der Waals surface area contributed by atoms with Crippen LogP contribution in [0, 0.1) is 0 Å². The number of hydrogen-bond donors (Lipinski definition) is 1. The van der Waals surface area contributed by atoms with Crippen LogP contribution in [0.15, 0.2) is 41.6 Å². The highest BCUT2D eigenvalue weighted by Gasteiger charge is 2.13. The molecule has 2 aromatic rings. The van der Waals surface area contributed by atoms with Crippen molar-refractivity contribution in [2.24, 2.45) is 7.05 Å². The van der Waals surface area contributed by atoms with Crippen molar-refractivity contribution in [3.8, 4) is 0 Å². The van der Waals surface area contributed by atoms with Gasteiger partial charge in [-0.05, 0) is 17.7 Å². The summed E-state index contributed by atoms with van der Waals surface area (Å²) in [6, 6.07) is 6.77. The number of nitrogens with zero attached hydrogens (tertiary/aromatic N) is 2. The standard InChI is InChI=1S/C12H14BrN3O2S/c1-16-9-11(7-14-16)8-15-19(17,18)12-4-2-10(6-13)3-5-12/h2-5,7,9,15H,6,8H2,1H3. The Morgan fingerprint density at radius 1 is 1.26 bits per heavy atom. The van der Waals surface area contributed by atoms with Crippen LogP contribution in [0.1, 0.15) is 11.1 Å². The fourth-order valence-electron chi connectivity index (χ4n) is 1.58. The number of halogens is 1. The molecule has 0 saturated carbocycles. The van der Waals surface area contributed by atoms with Gasteiger partial charge in [0, 0.05) is 30.7 Å². The number of aromatic nitrogens is 2. The molecule has 0 unspecified atom stereocenters. The van der Waals surface area contributed by atoms with Crippen LogP contribution >= 0.6 is 15.9 Å². The first-order chi connectivity index (χ1) is 9.01. The van der Waals surface area contributed by atoms with E-state index >= 15 is 0 Å². The van der Waals surface area contributed by atoms with Crippen LogP contribution in [0.2, 0.25) is 0 Å². The molecule has 102 valence electrons. The van der Waals surface area contributed by atoms with Crippen LogP contribution in [0.4, 0.5) is 0 Å². The van der Waals surface area contributed by atoms with Crippen molar-refractivity contribution in [3.05, 3.63) is 47.8 Å². The Kier molecular flexibility index (Phi) is 4.38. The Balaban J connectivity index is 2.09.